The van der Waals surface area contributed by atoms with Crippen LogP contribution < -0.4 is 0 Å². The first kappa shape index (κ1) is 15.9. The number of fused-ring (bicyclic) bond motifs is 1. The molecule has 2 N–H and O–H groups in total. The van der Waals surface area contributed by atoms with Crippen LogP contribution in [-0.2, 0) is 14.3 Å². The summed E-state index contributed by atoms with van der Waals surface area (Å²) in [5.41, 5.74) is -0.364. The van der Waals surface area contributed by atoms with E-state index in [1.165, 1.54) is 0 Å². The molecule has 25 heavy (non-hydrogen) atoms. The molecule has 0 aromatic carbocycles. The molecule has 0 unspecified atom stereocenters. The molecule has 1 heterocycles. The van der Waals surface area contributed by atoms with E-state index in [0.29, 0.717) is 32.3 Å². The predicted octanol–water partition coefficient (Wildman–Crippen LogP) is 2.38. The van der Waals surface area contributed by atoms with Crippen molar-refractivity contribution in [2.24, 2.45) is 39.9 Å². The van der Waals surface area contributed by atoms with Crippen molar-refractivity contribution < 1.29 is 24.5 Å². The third kappa shape index (κ3) is 1.56. The number of aliphatic hydroxyl groups is 1. The molecular weight excluding hydrogens is 320 g/mol. The van der Waals surface area contributed by atoms with E-state index in [1.807, 2.05) is 6.92 Å². The van der Waals surface area contributed by atoms with E-state index in [1.54, 1.807) is 0 Å². The summed E-state index contributed by atoms with van der Waals surface area (Å²) in [5.74, 6) is -1.60. The van der Waals surface area contributed by atoms with Crippen molar-refractivity contribution in [1.82, 2.24) is 0 Å². The van der Waals surface area contributed by atoms with Crippen LogP contribution in [0.5, 0.6) is 0 Å². The number of rotatable bonds is 1. The number of carboxylic acid groups (broad SMARTS) is 1. The first-order chi connectivity index (χ1) is 11.8. The predicted molar refractivity (Wildman–Crippen MR) is 88.4 cm³/mol. The molecule has 4 saturated carbocycles. The highest BCUT2D eigenvalue weighted by atomic mass is 16.5. The number of aliphatic carboxylic acids is 1. The number of hydrogen-bond donors (Lipinski definition) is 2. The van der Waals surface area contributed by atoms with Crippen LogP contribution in [0.2, 0.25) is 0 Å². The molecule has 1 saturated heterocycles. The molecule has 5 rings (SSSR count). The van der Waals surface area contributed by atoms with E-state index in [2.05, 4.69) is 6.58 Å². The van der Waals surface area contributed by atoms with Crippen LogP contribution in [0.25, 0.3) is 0 Å². The van der Waals surface area contributed by atoms with Crippen molar-refractivity contribution >= 4 is 11.9 Å². The van der Waals surface area contributed by atoms with Crippen LogP contribution in [-0.4, -0.2) is 34.9 Å². The maximum absolute atomic E-state index is 12.7. The van der Waals surface area contributed by atoms with Crippen LogP contribution in [0.15, 0.2) is 12.2 Å². The molecule has 0 aromatic heterocycles. The molecule has 1 spiro atoms. The second kappa shape index (κ2) is 4.48. The minimum Gasteiger partial charge on any atom is -0.481 e. The number of carbonyl (C=O) groups excluding carboxylic acids is 1. The zero-order valence-electron chi connectivity index (χ0n) is 14.7. The molecule has 0 radical (unpaired) electrons. The van der Waals surface area contributed by atoms with E-state index in [4.69, 9.17) is 4.74 Å². The summed E-state index contributed by atoms with van der Waals surface area (Å²) < 4.78 is 5.66. The van der Waals surface area contributed by atoms with E-state index in [-0.39, 0.29) is 34.6 Å². The van der Waals surface area contributed by atoms with Gasteiger partial charge in [0, 0.05) is 11.3 Å². The van der Waals surface area contributed by atoms with Gasteiger partial charge in [0.25, 0.3) is 0 Å². The molecule has 0 amide bonds. The zero-order valence-corrected chi connectivity index (χ0v) is 14.7. The highest BCUT2D eigenvalue weighted by Crippen LogP contribution is 2.78. The standard InChI is InChI=1S/C20H26O5/c1-10-7-20-8-11(10)12(21)6-13(20)19-5-3-4-18(2,17(24)25-9-19)15(19)14(20)16(22)23/h11-15,21H,1,3-9H2,2H3,(H,22,23)/t11-,12-,13+,14-,15-,18+,19+,20-/m1/s1. The lowest BCUT2D eigenvalue weighted by atomic mass is 9.51. The fourth-order valence-corrected chi connectivity index (χ4v) is 8.15. The molecule has 5 aliphatic rings. The normalized spacial score (nSPS) is 56.2. The van der Waals surface area contributed by atoms with Crippen LogP contribution in [0, 0.1) is 39.9 Å². The van der Waals surface area contributed by atoms with E-state index in [9.17, 15) is 19.8 Å². The molecule has 136 valence electrons. The molecule has 0 aromatic rings. The Balaban J connectivity index is 1.75. The average Bonchev–Trinajstić information content (AvgIpc) is 2.97. The Hall–Kier alpha value is -1.36. The average molecular weight is 346 g/mol. The van der Waals surface area contributed by atoms with Gasteiger partial charge in [-0.3, -0.25) is 9.59 Å². The van der Waals surface area contributed by atoms with Crippen LogP contribution >= 0.6 is 0 Å². The highest BCUT2D eigenvalue weighted by Gasteiger charge is 2.79. The molecule has 1 aliphatic heterocycles. The lowest BCUT2D eigenvalue weighted by molar-refractivity contribution is -0.201. The van der Waals surface area contributed by atoms with Crippen molar-refractivity contribution in [2.75, 3.05) is 6.61 Å². The first-order valence-corrected chi connectivity index (χ1v) is 9.52. The number of carboxylic acids is 1. The molecule has 5 heteroatoms. The number of cyclic esters (lactones) is 1. The largest absolute Gasteiger partial charge is 0.481 e. The minimum atomic E-state index is -0.774. The van der Waals surface area contributed by atoms with Crippen LogP contribution in [0.1, 0.15) is 45.4 Å². The van der Waals surface area contributed by atoms with Gasteiger partial charge in [0.15, 0.2) is 0 Å². The fraction of sp³-hybridized carbons (Fsp3) is 0.800. The molecular formula is C20H26O5. The SMILES string of the molecule is C=C1C[C@@]23C[C@H]1[C@H](O)C[C@H]2[C@]12CCC[C@](C)(C(=O)OC1)[C@H]2[C@@H]3C(=O)O. The van der Waals surface area contributed by atoms with Crippen molar-refractivity contribution in [3.8, 4) is 0 Å². The Morgan fingerprint density at radius 2 is 2.08 bits per heavy atom. The van der Waals surface area contributed by atoms with Crippen molar-refractivity contribution in [3.05, 3.63) is 12.2 Å². The zero-order chi connectivity index (χ0) is 17.8. The van der Waals surface area contributed by atoms with Crippen molar-refractivity contribution in [3.63, 3.8) is 0 Å². The van der Waals surface area contributed by atoms with Gasteiger partial charge in [-0.2, -0.15) is 0 Å². The third-order valence-corrected chi connectivity index (χ3v) is 8.81. The minimum absolute atomic E-state index is 0.0129. The van der Waals surface area contributed by atoms with Crippen molar-refractivity contribution in [1.29, 1.82) is 0 Å². The number of hydrogen-bond acceptors (Lipinski definition) is 4. The van der Waals surface area contributed by atoms with Crippen LogP contribution in [0.4, 0.5) is 0 Å². The van der Waals surface area contributed by atoms with Gasteiger partial charge in [-0.05, 0) is 56.3 Å². The van der Waals surface area contributed by atoms with Gasteiger partial charge < -0.3 is 14.9 Å². The lowest BCUT2D eigenvalue weighted by Gasteiger charge is -2.55. The second-order valence-corrected chi connectivity index (χ2v) is 9.61. The molecule has 5 fully saturated rings. The summed E-state index contributed by atoms with van der Waals surface area (Å²) >= 11 is 0. The quantitative estimate of drug-likeness (QED) is 0.563. The topological polar surface area (TPSA) is 83.8 Å². The number of carbonyl (C=O) groups is 2. The Morgan fingerprint density at radius 3 is 2.80 bits per heavy atom. The van der Waals surface area contributed by atoms with E-state index < -0.39 is 23.4 Å². The van der Waals surface area contributed by atoms with Gasteiger partial charge in [-0.15, -0.1) is 0 Å². The van der Waals surface area contributed by atoms with Gasteiger partial charge in [0.05, 0.1) is 24.0 Å². The number of ether oxygens (including phenoxy) is 1. The van der Waals surface area contributed by atoms with E-state index >= 15 is 0 Å². The molecule has 5 nitrogen and oxygen atoms in total. The lowest BCUT2D eigenvalue weighted by Crippen LogP contribution is -2.58. The molecule has 4 aliphatic carbocycles. The summed E-state index contributed by atoms with van der Waals surface area (Å²) in [7, 11) is 0. The monoisotopic (exact) mass is 346 g/mol. The first-order valence-electron chi connectivity index (χ1n) is 9.52. The maximum Gasteiger partial charge on any atom is 0.312 e. The molecule has 4 bridgehead atoms. The summed E-state index contributed by atoms with van der Waals surface area (Å²) in [4.78, 5) is 25.2. The fourth-order valence-electron chi connectivity index (χ4n) is 8.15. The Morgan fingerprint density at radius 1 is 1.32 bits per heavy atom. The van der Waals surface area contributed by atoms with Crippen LogP contribution in [0.3, 0.4) is 0 Å². The summed E-state index contributed by atoms with van der Waals surface area (Å²) in [6.45, 7) is 6.43. The summed E-state index contributed by atoms with van der Waals surface area (Å²) in [6.07, 6.45) is 4.11. The smallest absolute Gasteiger partial charge is 0.312 e. The highest BCUT2D eigenvalue weighted by molar-refractivity contribution is 5.82. The maximum atomic E-state index is 12.7. The van der Waals surface area contributed by atoms with Gasteiger partial charge in [0.1, 0.15) is 0 Å². The van der Waals surface area contributed by atoms with Crippen molar-refractivity contribution in [2.45, 2.75) is 51.6 Å². The third-order valence-electron chi connectivity index (χ3n) is 8.81. The summed E-state index contributed by atoms with van der Waals surface area (Å²) in [6, 6.07) is 0. The Kier molecular flexibility index (Phi) is 2.84. The summed E-state index contributed by atoms with van der Waals surface area (Å²) in [5, 5.41) is 21.0. The van der Waals surface area contributed by atoms with Gasteiger partial charge in [-0.25, -0.2) is 0 Å². The van der Waals surface area contributed by atoms with Gasteiger partial charge >= 0.3 is 11.9 Å². The number of esters is 1. The Labute approximate surface area is 147 Å². The number of aliphatic hydroxyl groups excluding tert-OH is 1. The second-order valence-electron chi connectivity index (χ2n) is 9.61. The van der Waals surface area contributed by atoms with E-state index in [0.717, 1.165) is 18.4 Å². The molecule has 8 atom stereocenters. The van der Waals surface area contributed by atoms with Gasteiger partial charge in [-0.1, -0.05) is 18.6 Å². The van der Waals surface area contributed by atoms with Gasteiger partial charge in [0.2, 0.25) is 0 Å². The Bertz CT molecular complexity index is 700.